The average Bonchev–Trinajstić information content (AvgIpc) is 3.02. The van der Waals surface area contributed by atoms with Crippen LogP contribution in [-0.2, 0) is 6.54 Å². The van der Waals surface area contributed by atoms with Crippen LogP contribution >= 0.6 is 0 Å². The second kappa shape index (κ2) is 6.54. The zero-order chi connectivity index (χ0) is 14.5. The number of amides is 1. The van der Waals surface area contributed by atoms with Crippen molar-refractivity contribution in [2.75, 3.05) is 13.1 Å². The van der Waals surface area contributed by atoms with Gasteiger partial charge in [0.1, 0.15) is 0 Å². The smallest absolute Gasteiger partial charge is 0.251 e. The van der Waals surface area contributed by atoms with Gasteiger partial charge in [-0.1, -0.05) is 18.2 Å². The Morgan fingerprint density at radius 3 is 3.05 bits per heavy atom. The van der Waals surface area contributed by atoms with Gasteiger partial charge in [-0.2, -0.15) is 5.10 Å². The molecule has 1 aliphatic rings. The molecule has 0 spiro atoms. The second-order valence-corrected chi connectivity index (χ2v) is 5.38. The standard InChI is InChI=1S/C16H20N4O/c21-16(19-14-6-3-8-17-11-14)15-7-2-1-5-13(15)12-20-10-4-9-18-20/h1-2,4-5,7,9-10,14,17H,3,6,8,11-12H2,(H,19,21)/t14-/m0/s1. The van der Waals surface area contributed by atoms with E-state index in [0.29, 0.717) is 6.54 Å². The summed E-state index contributed by atoms with van der Waals surface area (Å²) >= 11 is 0. The van der Waals surface area contributed by atoms with E-state index in [4.69, 9.17) is 0 Å². The fraction of sp³-hybridized carbons (Fsp3) is 0.375. The number of rotatable bonds is 4. The molecule has 3 rings (SSSR count). The van der Waals surface area contributed by atoms with Crippen LogP contribution < -0.4 is 10.6 Å². The molecule has 1 aromatic heterocycles. The molecule has 0 unspecified atom stereocenters. The van der Waals surface area contributed by atoms with Crippen molar-refractivity contribution in [1.29, 1.82) is 0 Å². The van der Waals surface area contributed by atoms with Gasteiger partial charge in [0.05, 0.1) is 6.54 Å². The Balaban J connectivity index is 1.73. The maximum Gasteiger partial charge on any atom is 0.251 e. The van der Waals surface area contributed by atoms with E-state index in [1.807, 2.05) is 41.2 Å². The van der Waals surface area contributed by atoms with Crippen LogP contribution in [0.3, 0.4) is 0 Å². The topological polar surface area (TPSA) is 59.0 Å². The first-order valence-corrected chi connectivity index (χ1v) is 7.40. The summed E-state index contributed by atoms with van der Waals surface area (Å²) in [6, 6.07) is 9.83. The lowest BCUT2D eigenvalue weighted by Gasteiger charge is -2.24. The lowest BCUT2D eigenvalue weighted by atomic mass is 10.0. The van der Waals surface area contributed by atoms with Gasteiger partial charge in [0.25, 0.3) is 5.91 Å². The molecule has 1 aromatic carbocycles. The Morgan fingerprint density at radius 1 is 1.38 bits per heavy atom. The highest BCUT2D eigenvalue weighted by Crippen LogP contribution is 2.12. The molecule has 5 nitrogen and oxygen atoms in total. The van der Waals surface area contributed by atoms with Crippen molar-refractivity contribution in [3.05, 3.63) is 53.9 Å². The van der Waals surface area contributed by atoms with Gasteiger partial charge < -0.3 is 10.6 Å². The predicted molar refractivity (Wildman–Crippen MR) is 81.1 cm³/mol. The summed E-state index contributed by atoms with van der Waals surface area (Å²) in [6.07, 6.45) is 5.80. The van der Waals surface area contributed by atoms with E-state index in [2.05, 4.69) is 15.7 Å². The largest absolute Gasteiger partial charge is 0.348 e. The minimum absolute atomic E-state index is 0.00598. The number of aromatic nitrogens is 2. The molecular formula is C16H20N4O. The van der Waals surface area contributed by atoms with Crippen LogP contribution in [-0.4, -0.2) is 34.8 Å². The van der Waals surface area contributed by atoms with Crippen molar-refractivity contribution >= 4 is 5.91 Å². The van der Waals surface area contributed by atoms with Gasteiger partial charge in [0.2, 0.25) is 0 Å². The van der Waals surface area contributed by atoms with Crippen molar-refractivity contribution in [1.82, 2.24) is 20.4 Å². The van der Waals surface area contributed by atoms with Crippen LogP contribution in [0.25, 0.3) is 0 Å². The van der Waals surface area contributed by atoms with Crippen molar-refractivity contribution in [3.63, 3.8) is 0 Å². The fourth-order valence-electron chi connectivity index (χ4n) is 2.69. The van der Waals surface area contributed by atoms with Crippen molar-refractivity contribution in [3.8, 4) is 0 Å². The molecule has 1 fully saturated rings. The first kappa shape index (κ1) is 13.8. The molecule has 2 heterocycles. The highest BCUT2D eigenvalue weighted by molar-refractivity contribution is 5.95. The third-order valence-corrected chi connectivity index (χ3v) is 3.79. The Morgan fingerprint density at radius 2 is 2.29 bits per heavy atom. The van der Waals surface area contributed by atoms with E-state index < -0.39 is 0 Å². The molecule has 2 N–H and O–H groups in total. The summed E-state index contributed by atoms with van der Waals surface area (Å²) in [5, 5.41) is 10.6. The number of hydrogen-bond donors (Lipinski definition) is 2. The minimum atomic E-state index is 0.00598. The maximum atomic E-state index is 12.5. The Bertz CT molecular complexity index is 588. The van der Waals surface area contributed by atoms with Crippen molar-refractivity contribution < 1.29 is 4.79 Å². The first-order valence-electron chi connectivity index (χ1n) is 7.40. The van der Waals surface area contributed by atoms with Gasteiger partial charge in [-0.15, -0.1) is 0 Å². The summed E-state index contributed by atoms with van der Waals surface area (Å²) < 4.78 is 1.83. The monoisotopic (exact) mass is 284 g/mol. The normalized spacial score (nSPS) is 18.4. The Kier molecular flexibility index (Phi) is 4.31. The van der Waals surface area contributed by atoms with E-state index in [9.17, 15) is 4.79 Å². The van der Waals surface area contributed by atoms with Crippen LogP contribution in [0.5, 0.6) is 0 Å². The van der Waals surface area contributed by atoms with Crippen LogP contribution in [0.1, 0.15) is 28.8 Å². The molecule has 1 saturated heterocycles. The number of carbonyl (C=O) groups is 1. The van der Waals surface area contributed by atoms with Crippen LogP contribution in [0, 0.1) is 0 Å². The number of piperidine rings is 1. The lowest BCUT2D eigenvalue weighted by Crippen LogP contribution is -2.45. The molecule has 1 amide bonds. The number of nitrogens with zero attached hydrogens (tertiary/aromatic N) is 2. The maximum absolute atomic E-state index is 12.5. The molecular weight excluding hydrogens is 264 g/mol. The van der Waals surface area contributed by atoms with Crippen molar-refractivity contribution in [2.24, 2.45) is 0 Å². The van der Waals surface area contributed by atoms with E-state index in [1.165, 1.54) is 0 Å². The summed E-state index contributed by atoms with van der Waals surface area (Å²) in [6.45, 7) is 2.51. The Hall–Kier alpha value is -2.14. The summed E-state index contributed by atoms with van der Waals surface area (Å²) in [5.74, 6) is 0.00598. The third kappa shape index (κ3) is 3.49. The van der Waals surface area contributed by atoms with E-state index in [0.717, 1.165) is 37.1 Å². The highest BCUT2D eigenvalue weighted by Gasteiger charge is 2.18. The Labute approximate surface area is 124 Å². The molecule has 1 atom stereocenters. The molecule has 0 aliphatic carbocycles. The second-order valence-electron chi connectivity index (χ2n) is 5.38. The SMILES string of the molecule is O=C(N[C@H]1CCCNC1)c1ccccc1Cn1cccn1. The zero-order valence-electron chi connectivity index (χ0n) is 12.0. The number of benzene rings is 1. The fourth-order valence-corrected chi connectivity index (χ4v) is 2.69. The van der Waals surface area contributed by atoms with Gasteiger partial charge in [0, 0.05) is 30.5 Å². The average molecular weight is 284 g/mol. The molecule has 110 valence electrons. The van der Waals surface area contributed by atoms with E-state index >= 15 is 0 Å². The van der Waals surface area contributed by atoms with Gasteiger partial charge in [-0.05, 0) is 37.1 Å². The van der Waals surface area contributed by atoms with Crippen LogP contribution in [0.15, 0.2) is 42.7 Å². The molecule has 0 bridgehead atoms. The summed E-state index contributed by atoms with van der Waals surface area (Å²) in [7, 11) is 0. The van der Waals surface area contributed by atoms with Gasteiger partial charge in [-0.25, -0.2) is 0 Å². The molecule has 21 heavy (non-hydrogen) atoms. The quantitative estimate of drug-likeness (QED) is 0.892. The number of carbonyl (C=O) groups excluding carboxylic acids is 1. The third-order valence-electron chi connectivity index (χ3n) is 3.79. The molecule has 0 radical (unpaired) electrons. The first-order chi connectivity index (χ1) is 10.3. The van der Waals surface area contributed by atoms with Crippen LogP contribution in [0.2, 0.25) is 0 Å². The predicted octanol–water partition coefficient (Wildman–Crippen LogP) is 1.41. The molecule has 5 heteroatoms. The summed E-state index contributed by atoms with van der Waals surface area (Å²) in [4.78, 5) is 12.5. The van der Waals surface area contributed by atoms with Crippen molar-refractivity contribution in [2.45, 2.75) is 25.4 Å². The highest BCUT2D eigenvalue weighted by atomic mass is 16.1. The lowest BCUT2D eigenvalue weighted by molar-refractivity contribution is 0.0929. The molecule has 2 aromatic rings. The van der Waals surface area contributed by atoms with E-state index in [-0.39, 0.29) is 11.9 Å². The minimum Gasteiger partial charge on any atom is -0.348 e. The summed E-state index contributed by atoms with van der Waals surface area (Å²) in [5.41, 5.74) is 1.72. The van der Waals surface area contributed by atoms with Gasteiger partial charge in [-0.3, -0.25) is 9.48 Å². The zero-order valence-corrected chi connectivity index (χ0v) is 12.0. The van der Waals surface area contributed by atoms with Gasteiger partial charge in [0.15, 0.2) is 0 Å². The van der Waals surface area contributed by atoms with Crippen LogP contribution in [0.4, 0.5) is 0 Å². The van der Waals surface area contributed by atoms with E-state index in [1.54, 1.807) is 6.20 Å². The molecule has 0 saturated carbocycles. The number of nitrogens with one attached hydrogen (secondary N) is 2. The number of hydrogen-bond acceptors (Lipinski definition) is 3. The van der Waals surface area contributed by atoms with Gasteiger partial charge >= 0.3 is 0 Å². The molecule has 1 aliphatic heterocycles.